The Labute approximate surface area is 144 Å². The lowest BCUT2D eigenvalue weighted by atomic mass is 10.2. The van der Waals surface area contributed by atoms with Crippen LogP contribution in [0.15, 0.2) is 30.6 Å². The summed E-state index contributed by atoms with van der Waals surface area (Å²) in [6.07, 6.45) is 6.41. The average Bonchev–Trinajstić information content (AvgIpc) is 2.52. The first kappa shape index (κ1) is 20.8. The fraction of sp³-hybridized carbons (Fsp3) is 0.412. The zero-order valence-electron chi connectivity index (χ0n) is 14.0. The van der Waals surface area contributed by atoms with Gasteiger partial charge in [-0.2, -0.15) is 9.83 Å². The highest BCUT2D eigenvalue weighted by atomic mass is 35.5. The maximum atomic E-state index is 7.62. The molecule has 2 rings (SSSR count). The van der Waals surface area contributed by atoms with Crippen molar-refractivity contribution in [3.8, 4) is 6.07 Å². The predicted octanol–water partition coefficient (Wildman–Crippen LogP) is -0.420. The Morgan fingerprint density at radius 1 is 1.30 bits per heavy atom. The van der Waals surface area contributed by atoms with Crippen LogP contribution in [0, 0.1) is 18.3 Å². The average molecular weight is 334 g/mol. The molecule has 0 amide bonds. The van der Waals surface area contributed by atoms with E-state index in [-0.39, 0.29) is 12.4 Å². The van der Waals surface area contributed by atoms with E-state index in [0.29, 0.717) is 18.8 Å². The molecule has 0 spiro atoms. The maximum absolute atomic E-state index is 7.62. The third-order valence-corrected chi connectivity index (χ3v) is 3.09. The topological polar surface area (TPSA) is 79.5 Å². The van der Waals surface area contributed by atoms with Crippen LogP contribution in [0.2, 0.25) is 0 Å². The molecule has 0 bridgehead atoms. The van der Waals surface area contributed by atoms with Gasteiger partial charge in [0, 0.05) is 38.1 Å². The first-order valence-corrected chi connectivity index (χ1v) is 7.54. The first-order valence-electron chi connectivity index (χ1n) is 7.54. The summed E-state index contributed by atoms with van der Waals surface area (Å²) in [7, 11) is 0. The molecule has 2 heterocycles. The number of nitrogen functional groups attached to an aromatic ring is 1. The maximum Gasteiger partial charge on any atom is 0.179 e. The van der Waals surface area contributed by atoms with E-state index < -0.39 is 0 Å². The highest BCUT2D eigenvalue weighted by Gasteiger charge is 2.11. The number of pyridine rings is 1. The van der Waals surface area contributed by atoms with Gasteiger partial charge in [-0.05, 0) is 6.42 Å². The van der Waals surface area contributed by atoms with Gasteiger partial charge < -0.3 is 18.1 Å². The summed E-state index contributed by atoms with van der Waals surface area (Å²) in [5, 5.41) is 7.62. The van der Waals surface area contributed by atoms with E-state index in [0.717, 1.165) is 24.2 Å². The Bertz CT molecular complexity index is 637. The fourth-order valence-corrected chi connectivity index (χ4v) is 1.85. The van der Waals surface area contributed by atoms with Crippen LogP contribution in [0.1, 0.15) is 43.8 Å². The van der Waals surface area contributed by atoms with Crippen molar-refractivity contribution in [1.82, 2.24) is 9.97 Å². The predicted molar refractivity (Wildman–Crippen MR) is 86.8 cm³/mol. The number of anilines is 1. The highest BCUT2D eigenvalue weighted by molar-refractivity contribution is 5.36. The van der Waals surface area contributed by atoms with Crippen LogP contribution in [0.25, 0.3) is 0 Å². The summed E-state index contributed by atoms with van der Waals surface area (Å²) in [6, 6.07) is 8.04. The van der Waals surface area contributed by atoms with Crippen LogP contribution in [0.5, 0.6) is 0 Å². The number of nitrogens with two attached hydrogens (primary N) is 1. The minimum absolute atomic E-state index is 0. The molecule has 23 heavy (non-hydrogen) atoms. The van der Waals surface area contributed by atoms with E-state index in [4.69, 9.17) is 11.0 Å². The fourth-order valence-electron chi connectivity index (χ4n) is 1.85. The van der Waals surface area contributed by atoms with Gasteiger partial charge in [0.05, 0.1) is 11.6 Å². The van der Waals surface area contributed by atoms with Gasteiger partial charge in [-0.25, -0.2) is 9.97 Å². The standard InChI is InChI=1S/C14H19N4.C3H5N.ClH/c1-3-6-13-16-9-12(14(15)17-13)10-18-8-5-4-7-11(18)2;1-2-3-4;/h4-5,7-9H,3,6,10H2,1-2H3,(H2,15,16,17);2H2,1H3;1H/q+1;;/p-1. The zero-order chi connectivity index (χ0) is 16.4. The van der Waals surface area contributed by atoms with Crippen LogP contribution in [0.3, 0.4) is 0 Å². The molecule has 0 radical (unpaired) electrons. The highest BCUT2D eigenvalue weighted by Crippen LogP contribution is 2.08. The second-order valence-electron chi connectivity index (χ2n) is 4.93. The number of hydrogen-bond donors (Lipinski definition) is 1. The molecular weight excluding hydrogens is 310 g/mol. The van der Waals surface area contributed by atoms with E-state index in [1.165, 1.54) is 5.69 Å². The van der Waals surface area contributed by atoms with Gasteiger partial charge >= 0.3 is 0 Å². The Balaban J connectivity index is 0.000000871. The molecule has 0 aliphatic heterocycles. The zero-order valence-corrected chi connectivity index (χ0v) is 14.7. The minimum atomic E-state index is 0. The van der Waals surface area contributed by atoms with E-state index in [2.05, 4.69) is 34.4 Å². The van der Waals surface area contributed by atoms with E-state index in [9.17, 15) is 0 Å². The second-order valence-corrected chi connectivity index (χ2v) is 4.93. The monoisotopic (exact) mass is 333 g/mol. The van der Waals surface area contributed by atoms with Crippen molar-refractivity contribution in [1.29, 1.82) is 5.26 Å². The molecule has 2 aromatic rings. The van der Waals surface area contributed by atoms with E-state index in [1.807, 2.05) is 37.5 Å². The summed E-state index contributed by atoms with van der Waals surface area (Å²) in [4.78, 5) is 8.69. The number of halogens is 1. The molecule has 2 aromatic heterocycles. The van der Waals surface area contributed by atoms with Gasteiger partial charge in [-0.15, -0.1) is 0 Å². The molecule has 0 aliphatic carbocycles. The molecule has 0 fully saturated rings. The Morgan fingerprint density at radius 3 is 2.52 bits per heavy atom. The van der Waals surface area contributed by atoms with E-state index >= 15 is 0 Å². The van der Waals surface area contributed by atoms with Gasteiger partial charge in [-0.3, -0.25) is 0 Å². The molecule has 0 unspecified atom stereocenters. The molecule has 2 N–H and O–H groups in total. The molecule has 0 atom stereocenters. The number of aromatic nitrogens is 3. The number of nitrogens with zero attached hydrogens (tertiary/aromatic N) is 4. The molecule has 5 nitrogen and oxygen atoms in total. The van der Waals surface area contributed by atoms with Crippen molar-refractivity contribution < 1.29 is 17.0 Å². The van der Waals surface area contributed by atoms with Gasteiger partial charge in [0.1, 0.15) is 11.6 Å². The van der Waals surface area contributed by atoms with Crippen molar-refractivity contribution in [3.63, 3.8) is 0 Å². The SMILES string of the molecule is CCC#N.CCCc1ncc(C[n+]2ccccc2C)c(N)n1.[Cl-]. The summed E-state index contributed by atoms with van der Waals surface area (Å²) in [5.74, 6) is 1.41. The number of nitriles is 1. The normalized spacial score (nSPS) is 9.13. The number of aryl methyl sites for hydroxylation is 2. The number of rotatable bonds is 4. The summed E-state index contributed by atoms with van der Waals surface area (Å²) in [6.45, 7) is 6.71. The van der Waals surface area contributed by atoms with Crippen molar-refractivity contribution in [3.05, 3.63) is 47.7 Å². The Hall–Kier alpha value is -2.19. The molecular formula is C17H24ClN5. The van der Waals surface area contributed by atoms with Gasteiger partial charge in [0.2, 0.25) is 0 Å². The lowest BCUT2D eigenvalue weighted by Gasteiger charge is -2.05. The smallest absolute Gasteiger partial charge is 0.179 e. The lowest BCUT2D eigenvalue weighted by Crippen LogP contribution is -3.00. The quantitative estimate of drug-likeness (QED) is 0.771. The Kier molecular flexibility index (Phi) is 10.3. The molecule has 0 saturated heterocycles. The summed E-state index contributed by atoms with van der Waals surface area (Å²) in [5.41, 5.74) is 8.14. The van der Waals surface area contributed by atoms with Crippen LogP contribution in [-0.2, 0) is 13.0 Å². The third-order valence-electron chi connectivity index (χ3n) is 3.09. The van der Waals surface area contributed by atoms with Crippen LogP contribution in [0.4, 0.5) is 5.82 Å². The molecule has 6 heteroatoms. The van der Waals surface area contributed by atoms with Gasteiger partial charge in [0.25, 0.3) is 0 Å². The first-order chi connectivity index (χ1) is 10.6. The second kappa shape index (κ2) is 11.4. The van der Waals surface area contributed by atoms with Crippen LogP contribution < -0.4 is 22.7 Å². The number of hydrogen-bond acceptors (Lipinski definition) is 4. The molecule has 124 valence electrons. The lowest BCUT2D eigenvalue weighted by molar-refractivity contribution is -0.694. The molecule has 0 saturated carbocycles. The third kappa shape index (κ3) is 7.07. The van der Waals surface area contributed by atoms with Crippen molar-refractivity contribution >= 4 is 5.82 Å². The van der Waals surface area contributed by atoms with Crippen molar-refractivity contribution in [2.75, 3.05) is 5.73 Å². The largest absolute Gasteiger partial charge is 1.00 e. The Morgan fingerprint density at radius 2 is 2.00 bits per heavy atom. The van der Waals surface area contributed by atoms with Crippen molar-refractivity contribution in [2.45, 2.75) is 46.6 Å². The van der Waals surface area contributed by atoms with Crippen molar-refractivity contribution in [2.24, 2.45) is 0 Å². The molecule has 0 aliphatic rings. The summed E-state index contributed by atoms with van der Waals surface area (Å²) >= 11 is 0. The van der Waals surface area contributed by atoms with Crippen LogP contribution >= 0.6 is 0 Å². The summed E-state index contributed by atoms with van der Waals surface area (Å²) < 4.78 is 2.13. The van der Waals surface area contributed by atoms with Gasteiger partial charge in [0.15, 0.2) is 18.4 Å². The van der Waals surface area contributed by atoms with Crippen LogP contribution in [-0.4, -0.2) is 9.97 Å². The molecule has 0 aromatic carbocycles. The van der Waals surface area contributed by atoms with Gasteiger partial charge in [-0.1, -0.05) is 19.9 Å². The minimum Gasteiger partial charge on any atom is -1.00 e. The van der Waals surface area contributed by atoms with E-state index in [1.54, 1.807) is 0 Å².